The third kappa shape index (κ3) is 74.1. The van der Waals surface area contributed by atoms with Crippen LogP contribution in [0.15, 0.2) is 85.1 Å². The van der Waals surface area contributed by atoms with Crippen LogP contribution in [0.2, 0.25) is 0 Å². The summed E-state index contributed by atoms with van der Waals surface area (Å²) in [6, 6.07) is 0. The first-order valence-electron chi connectivity index (χ1n) is 38.1. The van der Waals surface area contributed by atoms with Gasteiger partial charge in [-0.15, -0.1) is 0 Å². The number of unbranched alkanes of at least 4 members (excludes halogenated alkanes) is 45. The van der Waals surface area contributed by atoms with E-state index in [2.05, 4.69) is 98.9 Å². The van der Waals surface area contributed by atoms with Gasteiger partial charge in [0.15, 0.2) is 6.10 Å². The Morgan fingerprint density at radius 1 is 0.348 bits per heavy atom. The van der Waals surface area contributed by atoms with Gasteiger partial charge in [0.05, 0.1) is 13.2 Å². The number of ether oxygens (including phenoxy) is 2. The first-order chi connectivity index (χ1) is 43.8. The molecule has 89 heavy (non-hydrogen) atoms. The summed E-state index contributed by atoms with van der Waals surface area (Å²) >= 11 is 0. The number of rotatable bonds is 72. The van der Waals surface area contributed by atoms with Gasteiger partial charge in [0.2, 0.25) is 0 Å². The average Bonchev–Trinajstić information content (AvgIpc) is 3.58. The number of carbonyl (C=O) groups excluding carboxylic acids is 2. The van der Waals surface area contributed by atoms with Crippen molar-refractivity contribution in [2.24, 2.45) is 5.73 Å². The highest BCUT2D eigenvalue weighted by Gasteiger charge is 2.26. The zero-order valence-corrected chi connectivity index (χ0v) is 59.3. The molecule has 10 heteroatoms. The number of phosphoric acid groups is 1. The minimum absolute atomic E-state index is 0.0527. The molecule has 0 radical (unpaired) electrons. The number of hydrogen-bond acceptors (Lipinski definition) is 8. The number of phosphoric ester groups is 1. The van der Waals surface area contributed by atoms with E-state index in [0.29, 0.717) is 6.42 Å². The summed E-state index contributed by atoms with van der Waals surface area (Å²) in [5, 5.41) is 0. The summed E-state index contributed by atoms with van der Waals surface area (Å²) in [5.41, 5.74) is 5.41. The standard InChI is InChI=1S/C79H144NO8P/c1-3-5-7-9-11-13-15-17-19-21-23-25-27-29-31-33-35-37-38-40-41-43-45-47-49-51-53-55-57-59-61-63-65-67-69-71-78(81)85-75-77(76-87-89(83,84)86-74-73-80)88-79(82)72-70-68-66-64-62-60-58-56-54-52-50-48-46-44-42-39-36-34-32-30-28-26-24-22-20-18-16-14-12-10-8-6-4-2/h6,8,12,14,18,20-21,23-24,26,30,32,36,39,77H,3-5,7,9-11,13,15-17,19,22,25,27-29,31,33-35,37-38,40-76,80H2,1-2H3,(H,83,84)/b8-6-,14-12-,20-18-,23-21-,26-24-,32-30-,39-36-. The first-order valence-corrected chi connectivity index (χ1v) is 39.6. The summed E-state index contributed by atoms with van der Waals surface area (Å²) in [7, 11) is -4.40. The SMILES string of the molecule is CC/C=C\C/C=C\C/C=C\C/C=C\C/C=C\C/C=C\CCCCCCCCCCCCCCCCC(=O)OC(COC(=O)CCCCCCCCCCCCCCCCCCCCCCCCC/C=C\CCCCCCCCCC)COP(=O)(O)OCCN. The highest BCUT2D eigenvalue weighted by molar-refractivity contribution is 7.47. The number of nitrogens with two attached hydrogens (primary N) is 1. The van der Waals surface area contributed by atoms with Gasteiger partial charge >= 0.3 is 19.8 Å². The Kier molecular flexibility index (Phi) is 71.9. The molecular weight excluding hydrogens is 1120 g/mol. The molecule has 0 aliphatic carbocycles. The zero-order chi connectivity index (χ0) is 64.4. The first kappa shape index (κ1) is 86.2. The van der Waals surface area contributed by atoms with Crippen molar-refractivity contribution in [3.63, 3.8) is 0 Å². The minimum atomic E-state index is -4.40. The molecule has 2 unspecified atom stereocenters. The van der Waals surface area contributed by atoms with Gasteiger partial charge in [0, 0.05) is 19.4 Å². The second kappa shape index (κ2) is 74.2. The van der Waals surface area contributed by atoms with Crippen molar-refractivity contribution in [1.82, 2.24) is 0 Å². The smallest absolute Gasteiger partial charge is 0.462 e. The van der Waals surface area contributed by atoms with Crippen LogP contribution in [-0.2, 0) is 32.7 Å². The van der Waals surface area contributed by atoms with Crippen LogP contribution in [0.5, 0.6) is 0 Å². The van der Waals surface area contributed by atoms with Crippen LogP contribution in [0.3, 0.4) is 0 Å². The van der Waals surface area contributed by atoms with Gasteiger partial charge < -0.3 is 20.1 Å². The number of carbonyl (C=O) groups is 2. The molecule has 2 atom stereocenters. The second-order valence-corrected chi connectivity index (χ2v) is 26.9. The molecule has 518 valence electrons. The van der Waals surface area contributed by atoms with E-state index in [-0.39, 0.29) is 38.6 Å². The van der Waals surface area contributed by atoms with Gasteiger partial charge in [-0.2, -0.15) is 0 Å². The van der Waals surface area contributed by atoms with Gasteiger partial charge in [-0.05, 0) is 89.9 Å². The Hall–Kier alpha value is -2.81. The van der Waals surface area contributed by atoms with Crippen molar-refractivity contribution in [3.05, 3.63) is 85.1 Å². The molecule has 0 rings (SSSR count). The largest absolute Gasteiger partial charge is 0.472 e. The molecule has 0 heterocycles. The third-order valence-corrected chi connectivity index (χ3v) is 17.7. The number of esters is 2. The maximum atomic E-state index is 12.8. The molecule has 0 bridgehead atoms. The topological polar surface area (TPSA) is 134 Å². The molecule has 9 nitrogen and oxygen atoms in total. The Bertz CT molecular complexity index is 1740. The lowest BCUT2D eigenvalue weighted by atomic mass is 10.0. The number of hydrogen-bond donors (Lipinski definition) is 2. The van der Waals surface area contributed by atoms with Gasteiger partial charge in [-0.1, -0.05) is 356 Å². The molecule has 0 amide bonds. The molecule has 0 aromatic carbocycles. The Morgan fingerprint density at radius 2 is 0.618 bits per heavy atom. The van der Waals surface area contributed by atoms with Crippen LogP contribution in [0.1, 0.15) is 373 Å². The molecule has 0 aliphatic rings. The van der Waals surface area contributed by atoms with Crippen LogP contribution in [0.25, 0.3) is 0 Å². The summed E-state index contributed by atoms with van der Waals surface area (Å²) < 4.78 is 33.2. The summed E-state index contributed by atoms with van der Waals surface area (Å²) in [5.74, 6) is -0.813. The van der Waals surface area contributed by atoms with E-state index >= 15 is 0 Å². The molecule has 0 spiro atoms. The van der Waals surface area contributed by atoms with Gasteiger partial charge in [-0.3, -0.25) is 18.6 Å². The highest BCUT2D eigenvalue weighted by atomic mass is 31.2. The van der Waals surface area contributed by atoms with Crippen molar-refractivity contribution in [2.45, 2.75) is 380 Å². The van der Waals surface area contributed by atoms with E-state index in [0.717, 1.165) is 77.0 Å². The monoisotopic (exact) mass is 1270 g/mol. The van der Waals surface area contributed by atoms with E-state index in [1.54, 1.807) is 0 Å². The molecule has 0 aliphatic heterocycles. The average molecular weight is 1270 g/mol. The van der Waals surface area contributed by atoms with E-state index in [4.69, 9.17) is 24.3 Å². The molecule has 0 saturated carbocycles. The lowest BCUT2D eigenvalue weighted by Gasteiger charge is -2.19. The Labute approximate surface area is 551 Å². The summed E-state index contributed by atoms with van der Waals surface area (Å²) in [6.07, 6.45) is 99.9. The van der Waals surface area contributed by atoms with Crippen LogP contribution < -0.4 is 5.73 Å². The van der Waals surface area contributed by atoms with E-state index < -0.39 is 26.5 Å². The van der Waals surface area contributed by atoms with Crippen LogP contribution in [0, 0.1) is 0 Å². The van der Waals surface area contributed by atoms with Gasteiger partial charge in [-0.25, -0.2) is 4.57 Å². The molecule has 0 saturated heterocycles. The maximum absolute atomic E-state index is 12.8. The second-order valence-electron chi connectivity index (χ2n) is 25.5. The van der Waals surface area contributed by atoms with Crippen molar-refractivity contribution in [3.8, 4) is 0 Å². The molecule has 3 N–H and O–H groups in total. The molecule has 0 aromatic rings. The highest BCUT2D eigenvalue weighted by Crippen LogP contribution is 2.43. The summed E-state index contributed by atoms with van der Waals surface area (Å²) in [4.78, 5) is 35.4. The molecule has 0 aromatic heterocycles. The fourth-order valence-electron chi connectivity index (χ4n) is 11.2. The Morgan fingerprint density at radius 3 is 0.933 bits per heavy atom. The predicted octanol–water partition coefficient (Wildman–Crippen LogP) is 25.3. The van der Waals surface area contributed by atoms with E-state index in [1.165, 1.54) is 263 Å². The van der Waals surface area contributed by atoms with E-state index in [9.17, 15) is 19.0 Å². The normalized spacial score (nSPS) is 13.3. The quantitative estimate of drug-likeness (QED) is 0.0264. The van der Waals surface area contributed by atoms with Gasteiger partial charge in [0.1, 0.15) is 6.61 Å². The maximum Gasteiger partial charge on any atom is 0.472 e. The van der Waals surface area contributed by atoms with Crippen LogP contribution in [-0.4, -0.2) is 49.3 Å². The summed E-state index contributed by atoms with van der Waals surface area (Å²) in [6.45, 7) is 3.68. The molecule has 0 fully saturated rings. The van der Waals surface area contributed by atoms with Gasteiger partial charge in [0.25, 0.3) is 0 Å². The number of allylic oxidation sites excluding steroid dienone is 14. The fourth-order valence-corrected chi connectivity index (χ4v) is 11.9. The van der Waals surface area contributed by atoms with Crippen molar-refractivity contribution in [1.29, 1.82) is 0 Å². The van der Waals surface area contributed by atoms with Crippen molar-refractivity contribution >= 4 is 19.8 Å². The Balaban J connectivity index is 3.81. The fraction of sp³-hybridized carbons (Fsp3) is 0.797. The minimum Gasteiger partial charge on any atom is -0.462 e. The lowest BCUT2D eigenvalue weighted by Crippen LogP contribution is -2.29. The van der Waals surface area contributed by atoms with E-state index in [1.807, 2.05) is 0 Å². The van der Waals surface area contributed by atoms with Crippen molar-refractivity contribution < 1.29 is 37.6 Å². The molecular formula is C79H144NO8P. The third-order valence-electron chi connectivity index (χ3n) is 16.8. The predicted molar refractivity (Wildman–Crippen MR) is 386 cm³/mol. The van der Waals surface area contributed by atoms with Crippen molar-refractivity contribution in [2.75, 3.05) is 26.4 Å². The van der Waals surface area contributed by atoms with Crippen LogP contribution in [0.4, 0.5) is 0 Å². The zero-order valence-electron chi connectivity index (χ0n) is 58.4. The van der Waals surface area contributed by atoms with Crippen LogP contribution >= 0.6 is 7.82 Å². The lowest BCUT2D eigenvalue weighted by molar-refractivity contribution is -0.161.